The lowest BCUT2D eigenvalue weighted by Crippen LogP contribution is -2.42. The SMILES string of the molecule is COc1cc2c(=O)n(CCC(=O)NC[C@H]3CCCO3)c(=O)n(CC(=O)c3ccc(Cl)cc3)c2cc1OC. The Morgan fingerprint density at radius 3 is 2.43 bits per heavy atom. The topological polar surface area (TPSA) is 118 Å². The number of hydrogen-bond donors (Lipinski definition) is 1. The Morgan fingerprint density at radius 1 is 1.08 bits per heavy atom. The van der Waals surface area contributed by atoms with Crippen LogP contribution in [0.3, 0.4) is 0 Å². The highest BCUT2D eigenvalue weighted by Gasteiger charge is 2.21. The second-order valence-electron chi connectivity index (χ2n) is 8.67. The van der Waals surface area contributed by atoms with Crippen LogP contribution in [0.2, 0.25) is 5.02 Å². The first kappa shape index (κ1) is 26.4. The van der Waals surface area contributed by atoms with Crippen LogP contribution in [0.4, 0.5) is 0 Å². The maximum atomic E-state index is 13.5. The fourth-order valence-corrected chi connectivity index (χ4v) is 4.43. The molecule has 11 heteroatoms. The third-order valence-corrected chi connectivity index (χ3v) is 6.56. The van der Waals surface area contributed by atoms with E-state index in [9.17, 15) is 19.2 Å². The van der Waals surface area contributed by atoms with Gasteiger partial charge in [0.1, 0.15) is 0 Å². The number of rotatable bonds is 10. The number of nitrogens with one attached hydrogen (secondary N) is 1. The number of carbonyl (C=O) groups is 2. The van der Waals surface area contributed by atoms with Crippen molar-refractivity contribution in [3.63, 3.8) is 0 Å². The van der Waals surface area contributed by atoms with Crippen molar-refractivity contribution >= 4 is 34.2 Å². The van der Waals surface area contributed by atoms with E-state index >= 15 is 0 Å². The standard InChI is InChI=1S/C26H28ClN3O7/c1-35-22-12-19-20(13-23(22)36-2)30(15-21(31)16-5-7-17(27)8-6-16)26(34)29(25(19)33)10-9-24(32)28-14-18-4-3-11-37-18/h5-8,12-13,18H,3-4,9-11,14-15H2,1-2H3,(H,28,32)/t18-/m1/s1. The first-order chi connectivity index (χ1) is 17.8. The summed E-state index contributed by atoms with van der Waals surface area (Å²) in [4.78, 5) is 52.3. The van der Waals surface area contributed by atoms with Gasteiger partial charge in [-0.15, -0.1) is 0 Å². The predicted octanol–water partition coefficient (Wildman–Crippen LogP) is 2.40. The van der Waals surface area contributed by atoms with E-state index in [0.717, 1.165) is 17.4 Å². The van der Waals surface area contributed by atoms with Gasteiger partial charge in [0.05, 0.1) is 37.8 Å². The number of methoxy groups -OCH3 is 2. The Labute approximate surface area is 217 Å². The number of nitrogens with zero attached hydrogens (tertiary/aromatic N) is 2. The minimum Gasteiger partial charge on any atom is -0.493 e. The lowest BCUT2D eigenvalue weighted by molar-refractivity contribution is -0.121. The molecule has 2 heterocycles. The smallest absolute Gasteiger partial charge is 0.331 e. The second-order valence-corrected chi connectivity index (χ2v) is 9.11. The third kappa shape index (κ3) is 5.86. The van der Waals surface area contributed by atoms with Gasteiger partial charge in [-0.2, -0.15) is 0 Å². The lowest BCUT2D eigenvalue weighted by Gasteiger charge is -2.16. The largest absolute Gasteiger partial charge is 0.493 e. The molecular weight excluding hydrogens is 502 g/mol. The van der Waals surface area contributed by atoms with Crippen LogP contribution in [0.25, 0.3) is 10.9 Å². The van der Waals surface area contributed by atoms with Crippen molar-refractivity contribution in [2.75, 3.05) is 27.4 Å². The average molecular weight is 530 g/mol. The van der Waals surface area contributed by atoms with Crippen LogP contribution >= 0.6 is 11.6 Å². The zero-order valence-corrected chi connectivity index (χ0v) is 21.4. The van der Waals surface area contributed by atoms with Gasteiger partial charge >= 0.3 is 5.69 Å². The molecule has 1 saturated heterocycles. The molecule has 0 aliphatic carbocycles. The van der Waals surface area contributed by atoms with Gasteiger partial charge in [0.15, 0.2) is 17.3 Å². The zero-order chi connectivity index (χ0) is 26.5. The molecule has 1 aliphatic heterocycles. The molecule has 3 aromatic rings. The molecule has 196 valence electrons. The highest BCUT2D eigenvalue weighted by atomic mass is 35.5. The van der Waals surface area contributed by atoms with Crippen molar-refractivity contribution in [3.05, 3.63) is 67.8 Å². The van der Waals surface area contributed by atoms with Gasteiger partial charge < -0.3 is 19.5 Å². The summed E-state index contributed by atoms with van der Waals surface area (Å²) in [5.74, 6) is -0.0673. The fourth-order valence-electron chi connectivity index (χ4n) is 4.30. The molecule has 37 heavy (non-hydrogen) atoms. The normalized spacial score (nSPS) is 15.1. The van der Waals surface area contributed by atoms with Gasteiger partial charge in [0.2, 0.25) is 5.91 Å². The number of hydrogen-bond acceptors (Lipinski definition) is 7. The Bertz CT molecular complexity index is 1420. The van der Waals surface area contributed by atoms with Gasteiger partial charge in [0.25, 0.3) is 5.56 Å². The minimum atomic E-state index is -0.709. The van der Waals surface area contributed by atoms with Crippen LogP contribution < -0.4 is 26.0 Å². The van der Waals surface area contributed by atoms with Crippen LogP contribution in [0.1, 0.15) is 29.6 Å². The third-order valence-electron chi connectivity index (χ3n) is 6.31. The van der Waals surface area contributed by atoms with E-state index in [2.05, 4.69) is 5.32 Å². The molecule has 1 atom stereocenters. The van der Waals surface area contributed by atoms with Crippen LogP contribution in [0.15, 0.2) is 46.0 Å². The van der Waals surface area contributed by atoms with E-state index in [4.69, 9.17) is 25.8 Å². The van der Waals surface area contributed by atoms with Crippen LogP contribution in [0.5, 0.6) is 11.5 Å². The molecule has 10 nitrogen and oxygen atoms in total. The predicted molar refractivity (Wildman–Crippen MR) is 138 cm³/mol. The molecule has 1 fully saturated rings. The Balaban J connectivity index is 1.70. The van der Waals surface area contributed by atoms with Gasteiger partial charge in [-0.05, 0) is 43.2 Å². The number of ketones is 1. The van der Waals surface area contributed by atoms with Crippen molar-refractivity contribution in [2.24, 2.45) is 0 Å². The zero-order valence-electron chi connectivity index (χ0n) is 20.6. The fraction of sp³-hybridized carbons (Fsp3) is 0.385. The van der Waals surface area contributed by atoms with E-state index in [1.807, 2.05) is 0 Å². The number of ether oxygens (including phenoxy) is 3. The Kier molecular flexibility index (Phi) is 8.30. The molecular formula is C26H28ClN3O7. The number of carbonyl (C=O) groups excluding carboxylic acids is 2. The van der Waals surface area contributed by atoms with Crippen molar-refractivity contribution < 1.29 is 23.8 Å². The molecule has 1 aromatic heterocycles. The summed E-state index contributed by atoms with van der Waals surface area (Å²) in [6, 6.07) is 9.25. The van der Waals surface area contributed by atoms with E-state index in [1.165, 1.54) is 30.9 Å². The number of aromatic nitrogens is 2. The van der Waals surface area contributed by atoms with Crippen molar-refractivity contribution in [1.29, 1.82) is 0 Å². The number of benzene rings is 2. The monoisotopic (exact) mass is 529 g/mol. The van der Waals surface area contributed by atoms with E-state index in [0.29, 0.717) is 35.2 Å². The molecule has 4 rings (SSSR count). The summed E-state index contributed by atoms with van der Waals surface area (Å²) in [5.41, 5.74) is -0.729. The molecule has 2 aromatic carbocycles. The summed E-state index contributed by atoms with van der Waals surface area (Å²) < 4.78 is 18.4. The summed E-state index contributed by atoms with van der Waals surface area (Å²) in [6.45, 7) is 0.560. The molecule has 1 amide bonds. The molecule has 0 unspecified atom stereocenters. The molecule has 0 radical (unpaired) electrons. The maximum Gasteiger partial charge on any atom is 0.331 e. The quantitative estimate of drug-likeness (QED) is 0.401. The van der Waals surface area contributed by atoms with Gasteiger partial charge in [-0.1, -0.05) is 11.6 Å². The van der Waals surface area contributed by atoms with Crippen LogP contribution in [-0.4, -0.2) is 54.3 Å². The van der Waals surface area contributed by atoms with Crippen LogP contribution in [0, 0.1) is 0 Å². The summed E-state index contributed by atoms with van der Waals surface area (Å²) in [7, 11) is 2.86. The number of fused-ring (bicyclic) bond motifs is 1. The van der Waals surface area contributed by atoms with Gasteiger partial charge in [0, 0.05) is 42.8 Å². The highest BCUT2D eigenvalue weighted by molar-refractivity contribution is 6.30. The Morgan fingerprint density at radius 2 is 1.78 bits per heavy atom. The van der Waals surface area contributed by atoms with E-state index < -0.39 is 11.2 Å². The number of Topliss-reactive ketones (excluding diaryl/α,β-unsaturated/α-hetero) is 1. The average Bonchev–Trinajstić information content (AvgIpc) is 3.43. The van der Waals surface area contributed by atoms with Gasteiger partial charge in [-0.25, -0.2) is 4.79 Å². The highest BCUT2D eigenvalue weighted by Crippen LogP contribution is 2.30. The van der Waals surface area contributed by atoms with Crippen molar-refractivity contribution in [1.82, 2.24) is 14.5 Å². The van der Waals surface area contributed by atoms with E-state index in [-0.39, 0.29) is 48.2 Å². The summed E-state index contributed by atoms with van der Waals surface area (Å²) in [5, 5.41) is 3.42. The lowest BCUT2D eigenvalue weighted by atomic mass is 10.1. The van der Waals surface area contributed by atoms with Crippen molar-refractivity contribution in [3.8, 4) is 11.5 Å². The molecule has 0 spiro atoms. The maximum absolute atomic E-state index is 13.5. The van der Waals surface area contributed by atoms with E-state index in [1.54, 1.807) is 24.3 Å². The first-order valence-corrected chi connectivity index (χ1v) is 12.3. The molecule has 0 saturated carbocycles. The molecule has 1 N–H and O–H groups in total. The molecule has 0 bridgehead atoms. The summed E-state index contributed by atoms with van der Waals surface area (Å²) >= 11 is 5.93. The van der Waals surface area contributed by atoms with Crippen LogP contribution in [-0.2, 0) is 22.6 Å². The minimum absolute atomic E-state index is 0.0223. The molecule has 1 aliphatic rings. The second kappa shape index (κ2) is 11.6. The summed E-state index contributed by atoms with van der Waals surface area (Å²) in [6.07, 6.45) is 1.72. The first-order valence-electron chi connectivity index (χ1n) is 11.9. The van der Waals surface area contributed by atoms with Gasteiger partial charge in [-0.3, -0.25) is 23.5 Å². The number of amides is 1. The van der Waals surface area contributed by atoms with Crippen molar-refractivity contribution in [2.45, 2.75) is 38.5 Å². The number of halogens is 1. The Hall–Kier alpha value is -3.63.